The van der Waals surface area contributed by atoms with Gasteiger partial charge in [0.2, 0.25) is 12.4 Å². The largest absolute Gasteiger partial charge is 0.509 e. The first-order valence-corrected chi connectivity index (χ1v) is 13.9. The zero-order valence-corrected chi connectivity index (χ0v) is 23.8. The number of carbonyl (C=O) groups excluding carboxylic acids is 1. The Morgan fingerprint density at radius 1 is 0.881 bits per heavy atom. The van der Waals surface area contributed by atoms with Crippen molar-refractivity contribution in [2.75, 3.05) is 7.11 Å². The van der Waals surface area contributed by atoms with Gasteiger partial charge in [-0.05, 0) is 43.5 Å². The van der Waals surface area contributed by atoms with E-state index in [0.717, 1.165) is 11.1 Å². The first-order valence-electron chi connectivity index (χ1n) is 13.9. The van der Waals surface area contributed by atoms with E-state index >= 15 is 0 Å². The van der Waals surface area contributed by atoms with Gasteiger partial charge in [-0.1, -0.05) is 67.6 Å². The van der Waals surface area contributed by atoms with E-state index in [2.05, 4.69) is 0 Å². The highest BCUT2D eigenvalue weighted by Crippen LogP contribution is 2.42. The van der Waals surface area contributed by atoms with Gasteiger partial charge in [-0.15, -0.1) is 0 Å². The third-order valence-corrected chi connectivity index (χ3v) is 8.06. The van der Waals surface area contributed by atoms with Gasteiger partial charge in [0, 0.05) is 12.7 Å². The second kappa shape index (κ2) is 11.2. The standard InChI is InChI=1S/C33H32O9/c1-5-33(3)30(36-4)28-29(41-32(35)40-28)31(42-33)38-23-17-16-22-24(18-25(34)39-26(22)19(23)2)37-27(20-12-8-6-9-13-20)21-14-10-7-11-15-21/h6-18,27-31H,5H2,1-4H3. The van der Waals surface area contributed by atoms with Crippen LogP contribution in [0, 0.1) is 6.92 Å². The minimum absolute atomic E-state index is 0.315. The number of hydrogen-bond donors (Lipinski definition) is 0. The Kier molecular flexibility index (Phi) is 7.38. The lowest BCUT2D eigenvalue weighted by molar-refractivity contribution is -0.289. The molecule has 0 spiro atoms. The molecule has 2 fully saturated rings. The summed E-state index contributed by atoms with van der Waals surface area (Å²) < 4.78 is 41.4. The van der Waals surface area contributed by atoms with Gasteiger partial charge in [0.05, 0.1) is 17.1 Å². The van der Waals surface area contributed by atoms with Gasteiger partial charge in [-0.3, -0.25) is 0 Å². The van der Waals surface area contributed by atoms with Crippen molar-refractivity contribution < 1.29 is 37.6 Å². The van der Waals surface area contributed by atoms with Crippen LogP contribution in [0.25, 0.3) is 11.0 Å². The molecular weight excluding hydrogens is 540 g/mol. The summed E-state index contributed by atoms with van der Waals surface area (Å²) in [5, 5.41) is 0.604. The van der Waals surface area contributed by atoms with Gasteiger partial charge in [0.1, 0.15) is 29.3 Å². The van der Waals surface area contributed by atoms with Crippen LogP contribution >= 0.6 is 0 Å². The molecule has 42 heavy (non-hydrogen) atoms. The summed E-state index contributed by atoms with van der Waals surface area (Å²) in [4.78, 5) is 24.9. The van der Waals surface area contributed by atoms with Gasteiger partial charge < -0.3 is 32.8 Å². The van der Waals surface area contributed by atoms with Crippen LogP contribution in [0.15, 0.2) is 88.1 Å². The number of benzene rings is 3. The van der Waals surface area contributed by atoms with Crippen LogP contribution in [0.2, 0.25) is 0 Å². The number of methoxy groups -OCH3 is 1. The summed E-state index contributed by atoms with van der Waals surface area (Å²) in [5.41, 5.74) is 1.38. The predicted molar refractivity (Wildman–Crippen MR) is 153 cm³/mol. The van der Waals surface area contributed by atoms with Crippen molar-refractivity contribution in [1.82, 2.24) is 0 Å². The summed E-state index contributed by atoms with van der Waals surface area (Å²) in [6.45, 7) is 5.62. The molecule has 0 amide bonds. The van der Waals surface area contributed by atoms with Crippen molar-refractivity contribution >= 4 is 17.1 Å². The molecule has 1 aromatic heterocycles. The highest BCUT2D eigenvalue weighted by molar-refractivity contribution is 5.87. The molecule has 5 unspecified atom stereocenters. The summed E-state index contributed by atoms with van der Waals surface area (Å²) in [6.07, 6.45) is -3.79. The van der Waals surface area contributed by atoms with E-state index in [1.807, 2.05) is 74.5 Å². The van der Waals surface area contributed by atoms with E-state index in [9.17, 15) is 9.59 Å². The fourth-order valence-electron chi connectivity index (χ4n) is 5.71. The number of fused-ring (bicyclic) bond motifs is 2. The van der Waals surface area contributed by atoms with Crippen LogP contribution in [0.1, 0.15) is 43.1 Å². The maximum atomic E-state index is 12.8. The molecular formula is C33H32O9. The molecule has 6 rings (SSSR count). The molecule has 2 aliphatic heterocycles. The molecule has 0 N–H and O–H groups in total. The zero-order valence-electron chi connectivity index (χ0n) is 23.8. The Morgan fingerprint density at radius 3 is 2.14 bits per heavy atom. The SMILES string of the molecule is CCC1(C)OC(Oc2ccc3c(OC(c4ccccc4)c4ccccc4)cc(=O)oc3c2C)C2OC(=O)OC2C1OC. The lowest BCUT2D eigenvalue weighted by Crippen LogP contribution is -2.63. The second-order valence-corrected chi connectivity index (χ2v) is 10.7. The number of hydrogen-bond acceptors (Lipinski definition) is 9. The predicted octanol–water partition coefficient (Wildman–Crippen LogP) is 6.09. The van der Waals surface area contributed by atoms with Crippen molar-refractivity contribution in [3.63, 3.8) is 0 Å². The normalized spacial score (nSPS) is 25.1. The lowest BCUT2D eigenvalue weighted by Gasteiger charge is -2.46. The van der Waals surface area contributed by atoms with Crippen LogP contribution in [-0.2, 0) is 18.9 Å². The molecule has 4 aromatic rings. The van der Waals surface area contributed by atoms with Crippen molar-refractivity contribution in [2.45, 2.75) is 63.5 Å². The van der Waals surface area contributed by atoms with Gasteiger partial charge in [0.25, 0.3) is 0 Å². The topological polar surface area (TPSA) is 103 Å². The number of rotatable bonds is 8. The molecule has 9 heteroatoms. The molecule has 3 aromatic carbocycles. The first kappa shape index (κ1) is 27.8. The van der Waals surface area contributed by atoms with Crippen molar-refractivity contribution in [1.29, 1.82) is 0 Å². The van der Waals surface area contributed by atoms with E-state index in [4.69, 9.17) is 32.8 Å². The van der Waals surface area contributed by atoms with E-state index in [1.165, 1.54) is 6.07 Å². The first-order chi connectivity index (χ1) is 20.3. The molecule has 3 heterocycles. The minimum atomic E-state index is -0.986. The monoisotopic (exact) mass is 572 g/mol. The highest BCUT2D eigenvalue weighted by atomic mass is 16.8. The van der Waals surface area contributed by atoms with Crippen LogP contribution in [0.4, 0.5) is 4.79 Å². The average Bonchev–Trinajstić information content (AvgIpc) is 3.39. The van der Waals surface area contributed by atoms with Crippen molar-refractivity contribution in [2.24, 2.45) is 0 Å². The summed E-state index contributed by atoms with van der Waals surface area (Å²) in [7, 11) is 1.54. The molecule has 218 valence electrons. The Hall–Kier alpha value is -4.34. The summed E-state index contributed by atoms with van der Waals surface area (Å²) >= 11 is 0. The van der Waals surface area contributed by atoms with E-state index < -0.39 is 48.1 Å². The molecule has 2 aliphatic rings. The fraction of sp³-hybridized carbons (Fsp3) is 0.333. The highest BCUT2D eigenvalue weighted by Gasteiger charge is 2.60. The Morgan fingerprint density at radius 2 is 1.52 bits per heavy atom. The van der Waals surface area contributed by atoms with Crippen LogP contribution in [-0.4, -0.2) is 43.5 Å². The fourth-order valence-corrected chi connectivity index (χ4v) is 5.71. The summed E-state index contributed by atoms with van der Waals surface area (Å²) in [5.74, 6) is 0.772. The minimum Gasteiger partial charge on any atom is -0.480 e. The Labute approximate surface area is 242 Å². The molecule has 9 nitrogen and oxygen atoms in total. The quantitative estimate of drug-likeness (QED) is 0.183. The summed E-state index contributed by atoms with van der Waals surface area (Å²) in [6, 6.07) is 24.5. The van der Waals surface area contributed by atoms with E-state index in [1.54, 1.807) is 26.2 Å². The van der Waals surface area contributed by atoms with Crippen molar-refractivity contribution in [3.05, 3.63) is 106 Å². The Balaban J connectivity index is 1.36. The van der Waals surface area contributed by atoms with Crippen LogP contribution in [0.5, 0.6) is 11.5 Å². The van der Waals surface area contributed by atoms with Gasteiger partial charge >= 0.3 is 11.8 Å². The van der Waals surface area contributed by atoms with Gasteiger partial charge in [0.15, 0.2) is 6.10 Å². The molecule has 5 atom stereocenters. The molecule has 0 aliphatic carbocycles. The maximum absolute atomic E-state index is 12.8. The van der Waals surface area contributed by atoms with Crippen LogP contribution < -0.4 is 15.1 Å². The maximum Gasteiger partial charge on any atom is 0.509 e. The second-order valence-electron chi connectivity index (χ2n) is 10.7. The number of carbonyl (C=O) groups is 1. The Bertz CT molecular complexity index is 1590. The van der Waals surface area contributed by atoms with Gasteiger partial charge in [-0.2, -0.15) is 0 Å². The average molecular weight is 573 g/mol. The molecule has 0 bridgehead atoms. The lowest BCUT2D eigenvalue weighted by atomic mass is 9.86. The molecule has 0 saturated carbocycles. The third kappa shape index (κ3) is 4.99. The molecule has 0 radical (unpaired) electrons. The van der Waals surface area contributed by atoms with E-state index in [0.29, 0.717) is 34.5 Å². The smallest absolute Gasteiger partial charge is 0.480 e. The van der Waals surface area contributed by atoms with E-state index in [-0.39, 0.29) is 0 Å². The number of ether oxygens (including phenoxy) is 6. The van der Waals surface area contributed by atoms with Crippen molar-refractivity contribution in [3.8, 4) is 11.5 Å². The number of aryl methyl sites for hydroxylation is 1. The third-order valence-electron chi connectivity index (χ3n) is 8.06. The zero-order chi connectivity index (χ0) is 29.4. The van der Waals surface area contributed by atoms with Gasteiger partial charge in [-0.25, -0.2) is 9.59 Å². The van der Waals surface area contributed by atoms with Crippen LogP contribution in [0.3, 0.4) is 0 Å². The molecule has 2 saturated heterocycles.